The maximum Gasteiger partial charge on any atom is 0.417 e. The molecule has 1 aromatic heterocycles. The monoisotopic (exact) mass is 474 g/mol. The van der Waals surface area contributed by atoms with Crippen LogP contribution in [0.4, 0.5) is 13.2 Å². The van der Waals surface area contributed by atoms with E-state index in [1.807, 2.05) is 0 Å². The van der Waals surface area contributed by atoms with Crippen molar-refractivity contribution in [1.82, 2.24) is 9.55 Å². The standard InChI is InChI=1S/C25H25F3N2O4/c1-3-4-8-21-29-16(2)13-22(31)30(21)14-17-9-11-19(12-10-17)34-15-18-6-5-7-20(24(32)33)23(18)25(26,27)28/h5-7,9-13H,3-4,8,14-15H2,1-2H3,(H,32,33). The molecule has 0 aliphatic carbocycles. The highest BCUT2D eigenvalue weighted by Crippen LogP contribution is 2.35. The number of aryl methyl sites for hydroxylation is 2. The van der Waals surface area contributed by atoms with Crippen molar-refractivity contribution in [2.75, 3.05) is 0 Å². The normalized spacial score (nSPS) is 11.4. The number of benzene rings is 2. The van der Waals surface area contributed by atoms with E-state index in [0.29, 0.717) is 30.2 Å². The molecule has 1 heterocycles. The average molecular weight is 474 g/mol. The maximum absolute atomic E-state index is 13.5. The van der Waals surface area contributed by atoms with Crippen LogP contribution in [-0.4, -0.2) is 20.6 Å². The number of alkyl halides is 3. The van der Waals surface area contributed by atoms with Crippen molar-refractivity contribution >= 4 is 5.97 Å². The van der Waals surface area contributed by atoms with Crippen LogP contribution >= 0.6 is 0 Å². The Labute approximate surface area is 194 Å². The van der Waals surface area contributed by atoms with Crippen molar-refractivity contribution in [3.05, 3.63) is 92.7 Å². The number of hydrogen-bond donors (Lipinski definition) is 1. The van der Waals surface area contributed by atoms with Gasteiger partial charge < -0.3 is 9.84 Å². The van der Waals surface area contributed by atoms with Crippen LogP contribution in [0.15, 0.2) is 53.3 Å². The third-order valence-electron chi connectivity index (χ3n) is 5.29. The summed E-state index contributed by atoms with van der Waals surface area (Å²) in [7, 11) is 0. The van der Waals surface area contributed by atoms with Gasteiger partial charge in [0.15, 0.2) is 0 Å². The summed E-state index contributed by atoms with van der Waals surface area (Å²) in [4.78, 5) is 28.2. The first-order chi connectivity index (χ1) is 16.1. The van der Waals surface area contributed by atoms with Gasteiger partial charge in [0.05, 0.1) is 17.7 Å². The van der Waals surface area contributed by atoms with E-state index in [4.69, 9.17) is 9.84 Å². The average Bonchev–Trinajstić information content (AvgIpc) is 2.78. The number of rotatable bonds is 9. The lowest BCUT2D eigenvalue weighted by molar-refractivity contribution is -0.139. The molecule has 34 heavy (non-hydrogen) atoms. The highest BCUT2D eigenvalue weighted by molar-refractivity contribution is 5.90. The van der Waals surface area contributed by atoms with Crippen LogP contribution < -0.4 is 10.3 Å². The van der Waals surface area contributed by atoms with Crippen LogP contribution in [-0.2, 0) is 25.7 Å². The Morgan fingerprint density at radius 2 is 1.85 bits per heavy atom. The quantitative estimate of drug-likeness (QED) is 0.459. The molecule has 0 saturated heterocycles. The van der Waals surface area contributed by atoms with Crippen molar-refractivity contribution in [3.63, 3.8) is 0 Å². The SMILES string of the molecule is CCCCc1nc(C)cc(=O)n1Cc1ccc(OCc2cccc(C(=O)O)c2C(F)(F)F)cc1. The molecule has 0 unspecified atom stereocenters. The second kappa shape index (κ2) is 10.5. The second-order valence-corrected chi connectivity index (χ2v) is 7.92. The number of carboxylic acid groups (broad SMARTS) is 1. The lowest BCUT2D eigenvalue weighted by Crippen LogP contribution is -2.25. The summed E-state index contributed by atoms with van der Waals surface area (Å²) < 4.78 is 47.5. The minimum absolute atomic E-state index is 0.142. The number of aromatic nitrogens is 2. The predicted octanol–water partition coefficient (Wildman–Crippen LogP) is 5.24. The summed E-state index contributed by atoms with van der Waals surface area (Å²) in [5, 5.41) is 9.12. The zero-order valence-corrected chi connectivity index (χ0v) is 18.9. The fraction of sp³-hybridized carbons (Fsp3) is 0.320. The topological polar surface area (TPSA) is 81.4 Å². The van der Waals surface area contributed by atoms with Gasteiger partial charge in [-0.3, -0.25) is 9.36 Å². The van der Waals surface area contributed by atoms with E-state index in [-0.39, 0.29) is 11.1 Å². The molecule has 0 saturated carbocycles. The Kier molecular flexibility index (Phi) is 7.75. The number of unbranched alkanes of at least 4 members (excludes halogenated alkanes) is 1. The summed E-state index contributed by atoms with van der Waals surface area (Å²) in [6.45, 7) is 3.71. The summed E-state index contributed by atoms with van der Waals surface area (Å²) in [6.07, 6.45) is -2.26. The Morgan fingerprint density at radius 3 is 2.47 bits per heavy atom. The van der Waals surface area contributed by atoms with Gasteiger partial charge in [0.1, 0.15) is 18.2 Å². The molecule has 0 aliphatic rings. The fourth-order valence-electron chi connectivity index (χ4n) is 3.64. The number of nitrogens with zero attached hydrogens (tertiary/aromatic N) is 2. The van der Waals surface area contributed by atoms with E-state index < -0.39 is 29.9 Å². The molecule has 0 atom stereocenters. The van der Waals surface area contributed by atoms with Gasteiger partial charge in [-0.25, -0.2) is 9.78 Å². The van der Waals surface area contributed by atoms with Crippen molar-refractivity contribution in [2.24, 2.45) is 0 Å². The maximum atomic E-state index is 13.5. The van der Waals surface area contributed by atoms with E-state index >= 15 is 0 Å². The minimum atomic E-state index is -4.83. The first kappa shape index (κ1) is 25.0. The Bertz CT molecular complexity index is 1220. The Balaban J connectivity index is 1.77. The number of hydrogen-bond acceptors (Lipinski definition) is 4. The van der Waals surface area contributed by atoms with Gasteiger partial charge >= 0.3 is 12.1 Å². The summed E-state index contributed by atoms with van der Waals surface area (Å²) in [5.41, 5.74) is -0.973. The van der Waals surface area contributed by atoms with Crippen molar-refractivity contribution in [3.8, 4) is 5.75 Å². The largest absolute Gasteiger partial charge is 0.489 e. The molecule has 2 aromatic carbocycles. The van der Waals surface area contributed by atoms with E-state index in [1.54, 1.807) is 35.8 Å². The van der Waals surface area contributed by atoms with Gasteiger partial charge in [-0.15, -0.1) is 0 Å². The predicted molar refractivity (Wildman–Crippen MR) is 120 cm³/mol. The number of aromatic carboxylic acids is 1. The molecule has 180 valence electrons. The number of halogens is 3. The summed E-state index contributed by atoms with van der Waals surface area (Å²) in [6, 6.07) is 11.5. The summed E-state index contributed by atoms with van der Waals surface area (Å²) >= 11 is 0. The molecule has 3 aromatic rings. The van der Waals surface area contributed by atoms with Crippen LogP contribution in [0.2, 0.25) is 0 Å². The molecular weight excluding hydrogens is 449 g/mol. The highest BCUT2D eigenvalue weighted by Gasteiger charge is 2.38. The molecule has 3 rings (SSSR count). The van der Waals surface area contributed by atoms with E-state index in [0.717, 1.165) is 24.5 Å². The lowest BCUT2D eigenvalue weighted by atomic mass is 10.0. The molecular formula is C25H25F3N2O4. The molecule has 0 aliphatic heterocycles. The Hall–Kier alpha value is -3.62. The number of carboxylic acids is 1. The van der Waals surface area contributed by atoms with Gasteiger partial charge in [0, 0.05) is 23.7 Å². The van der Waals surface area contributed by atoms with Crippen LogP contribution in [0.3, 0.4) is 0 Å². The van der Waals surface area contributed by atoms with Crippen molar-refractivity contribution in [1.29, 1.82) is 0 Å². The second-order valence-electron chi connectivity index (χ2n) is 7.92. The lowest BCUT2D eigenvalue weighted by Gasteiger charge is -2.16. The molecule has 9 heteroatoms. The van der Waals surface area contributed by atoms with Crippen LogP contribution in [0, 0.1) is 6.92 Å². The van der Waals surface area contributed by atoms with E-state index in [1.165, 1.54) is 18.2 Å². The zero-order valence-electron chi connectivity index (χ0n) is 18.9. The van der Waals surface area contributed by atoms with Gasteiger partial charge in [-0.05, 0) is 37.1 Å². The summed E-state index contributed by atoms with van der Waals surface area (Å²) in [5.74, 6) is -0.624. The van der Waals surface area contributed by atoms with Crippen LogP contribution in [0.5, 0.6) is 5.75 Å². The first-order valence-corrected chi connectivity index (χ1v) is 10.8. The molecule has 0 spiro atoms. The molecule has 6 nitrogen and oxygen atoms in total. The third-order valence-corrected chi connectivity index (χ3v) is 5.29. The van der Waals surface area contributed by atoms with Crippen LogP contribution in [0.1, 0.15) is 58.3 Å². The smallest absolute Gasteiger partial charge is 0.417 e. The third kappa shape index (κ3) is 6.03. The molecule has 0 radical (unpaired) electrons. The fourth-order valence-corrected chi connectivity index (χ4v) is 3.64. The number of ether oxygens (including phenoxy) is 1. The van der Waals surface area contributed by atoms with Gasteiger partial charge in [-0.1, -0.05) is 37.6 Å². The number of carbonyl (C=O) groups is 1. The molecule has 0 bridgehead atoms. The first-order valence-electron chi connectivity index (χ1n) is 10.8. The molecule has 1 N–H and O–H groups in total. The van der Waals surface area contributed by atoms with Gasteiger partial charge in [-0.2, -0.15) is 13.2 Å². The van der Waals surface area contributed by atoms with Crippen molar-refractivity contribution < 1.29 is 27.8 Å². The van der Waals surface area contributed by atoms with Gasteiger partial charge in [0.25, 0.3) is 5.56 Å². The molecule has 0 fully saturated rings. The Morgan fingerprint density at radius 1 is 1.15 bits per heavy atom. The van der Waals surface area contributed by atoms with Gasteiger partial charge in [0.2, 0.25) is 0 Å². The van der Waals surface area contributed by atoms with E-state index in [2.05, 4.69) is 11.9 Å². The van der Waals surface area contributed by atoms with E-state index in [9.17, 15) is 22.8 Å². The highest BCUT2D eigenvalue weighted by atomic mass is 19.4. The minimum Gasteiger partial charge on any atom is -0.489 e. The van der Waals surface area contributed by atoms with Crippen molar-refractivity contribution in [2.45, 2.75) is 52.4 Å². The van der Waals surface area contributed by atoms with Crippen LogP contribution in [0.25, 0.3) is 0 Å². The zero-order chi connectivity index (χ0) is 24.9. The molecule has 0 amide bonds.